The molecule has 0 spiro atoms. The van der Waals surface area contributed by atoms with Gasteiger partial charge in [0.15, 0.2) is 0 Å². The molecule has 2 N–H and O–H groups in total. The van der Waals surface area contributed by atoms with Gasteiger partial charge in [-0.2, -0.15) is 13.2 Å². The predicted octanol–water partition coefficient (Wildman–Crippen LogP) is 4.12. The summed E-state index contributed by atoms with van der Waals surface area (Å²) < 4.78 is 39.2. The number of nitrogens with zero attached hydrogens (tertiary/aromatic N) is 3. The maximum absolute atomic E-state index is 13.1. The second kappa shape index (κ2) is 5.92. The van der Waals surface area contributed by atoms with Crippen LogP contribution in [-0.2, 0) is 6.18 Å². The van der Waals surface area contributed by atoms with Gasteiger partial charge in [0.25, 0.3) is 0 Å². The first kappa shape index (κ1) is 15.9. The first-order valence-electron chi connectivity index (χ1n) is 7.09. The molecule has 0 amide bonds. The van der Waals surface area contributed by atoms with Crippen LogP contribution >= 0.6 is 0 Å². The van der Waals surface area contributed by atoms with E-state index in [-0.39, 0.29) is 11.6 Å². The number of aryl methyl sites for hydroxylation is 1. The monoisotopic (exact) mass is 330 g/mol. The minimum Gasteiger partial charge on any atom is -0.366 e. The van der Waals surface area contributed by atoms with Crippen molar-refractivity contribution in [2.45, 2.75) is 13.1 Å². The van der Waals surface area contributed by atoms with Gasteiger partial charge in [-0.15, -0.1) is 10.2 Å². The van der Waals surface area contributed by atoms with Crippen LogP contribution in [0.3, 0.4) is 0 Å². The van der Waals surface area contributed by atoms with E-state index >= 15 is 0 Å². The number of anilines is 1. The van der Waals surface area contributed by atoms with E-state index in [9.17, 15) is 13.2 Å². The maximum atomic E-state index is 13.1. The average Bonchev–Trinajstić information content (AvgIpc) is 2.54. The molecule has 0 unspecified atom stereocenters. The predicted molar refractivity (Wildman–Crippen MR) is 84.9 cm³/mol. The first-order valence-corrected chi connectivity index (χ1v) is 7.09. The molecule has 0 aliphatic heterocycles. The number of rotatable bonds is 2. The zero-order valence-electron chi connectivity index (χ0n) is 12.7. The third kappa shape index (κ3) is 3.19. The number of hydrogen-bond acceptors (Lipinski definition) is 4. The summed E-state index contributed by atoms with van der Waals surface area (Å²) in [5, 5.41) is 7.68. The van der Waals surface area contributed by atoms with Crippen molar-refractivity contribution in [2.75, 3.05) is 5.73 Å². The topological polar surface area (TPSA) is 64.7 Å². The Kier molecular flexibility index (Phi) is 3.92. The molecule has 0 aliphatic rings. The van der Waals surface area contributed by atoms with Gasteiger partial charge in [-0.25, -0.2) is 4.98 Å². The number of nitrogens with two attached hydrogens (primary N) is 1. The minimum absolute atomic E-state index is 0.0405. The molecule has 1 heterocycles. The molecule has 2 aromatic carbocycles. The van der Waals surface area contributed by atoms with E-state index < -0.39 is 11.7 Å². The van der Waals surface area contributed by atoms with Gasteiger partial charge in [0.05, 0.1) is 5.56 Å². The Morgan fingerprint density at radius 1 is 0.875 bits per heavy atom. The molecule has 0 atom stereocenters. The Bertz CT molecular complexity index is 877. The fourth-order valence-corrected chi connectivity index (χ4v) is 2.41. The lowest BCUT2D eigenvalue weighted by Crippen LogP contribution is -2.07. The van der Waals surface area contributed by atoms with Crippen molar-refractivity contribution in [3.8, 4) is 22.5 Å². The fourth-order valence-electron chi connectivity index (χ4n) is 2.41. The fraction of sp³-hybridized carbons (Fsp3) is 0.118. The summed E-state index contributed by atoms with van der Waals surface area (Å²) in [6.45, 7) is 1.60. The summed E-state index contributed by atoms with van der Waals surface area (Å²) in [7, 11) is 0. The highest BCUT2D eigenvalue weighted by atomic mass is 19.4. The smallest absolute Gasteiger partial charge is 0.366 e. The summed E-state index contributed by atoms with van der Waals surface area (Å²) >= 11 is 0. The molecular weight excluding hydrogens is 317 g/mol. The van der Waals surface area contributed by atoms with Gasteiger partial charge in [0.2, 0.25) is 5.95 Å². The Balaban J connectivity index is 2.23. The molecular formula is C17H13F3N4. The second-order valence-corrected chi connectivity index (χ2v) is 5.32. The summed E-state index contributed by atoms with van der Waals surface area (Å²) in [5.41, 5.74) is 6.97. The van der Waals surface area contributed by atoms with E-state index in [2.05, 4.69) is 15.2 Å². The van der Waals surface area contributed by atoms with E-state index in [0.29, 0.717) is 22.4 Å². The number of halogens is 3. The van der Waals surface area contributed by atoms with Crippen LogP contribution in [0, 0.1) is 6.92 Å². The molecule has 0 radical (unpaired) electrons. The Morgan fingerprint density at radius 3 is 2.25 bits per heavy atom. The Labute approximate surface area is 136 Å². The zero-order chi connectivity index (χ0) is 17.3. The van der Waals surface area contributed by atoms with Gasteiger partial charge in [-0.05, 0) is 30.7 Å². The molecule has 24 heavy (non-hydrogen) atoms. The molecule has 3 rings (SSSR count). The van der Waals surface area contributed by atoms with Crippen LogP contribution in [0.15, 0.2) is 48.5 Å². The lowest BCUT2D eigenvalue weighted by atomic mass is 10.00. The second-order valence-electron chi connectivity index (χ2n) is 5.32. The summed E-state index contributed by atoms with van der Waals surface area (Å²) in [6, 6.07) is 12.7. The molecule has 0 fully saturated rings. The molecule has 3 aromatic rings. The van der Waals surface area contributed by atoms with Crippen molar-refractivity contribution in [2.24, 2.45) is 0 Å². The van der Waals surface area contributed by atoms with Crippen LogP contribution in [0.2, 0.25) is 0 Å². The SMILES string of the molecule is Cc1cc(-c2nnc(N)nc2-c2ccccc2)cc(C(F)(F)F)c1. The first-order chi connectivity index (χ1) is 11.3. The normalized spacial score (nSPS) is 11.5. The van der Waals surface area contributed by atoms with Crippen molar-refractivity contribution in [3.63, 3.8) is 0 Å². The quantitative estimate of drug-likeness (QED) is 0.768. The molecule has 0 saturated carbocycles. The van der Waals surface area contributed by atoms with Crippen LogP contribution in [0.5, 0.6) is 0 Å². The summed E-state index contributed by atoms with van der Waals surface area (Å²) in [6.07, 6.45) is -4.44. The van der Waals surface area contributed by atoms with Crippen LogP contribution in [0.1, 0.15) is 11.1 Å². The minimum atomic E-state index is -4.44. The van der Waals surface area contributed by atoms with Crippen LogP contribution in [0.25, 0.3) is 22.5 Å². The third-order valence-corrected chi connectivity index (χ3v) is 3.43. The molecule has 0 aliphatic carbocycles. The zero-order valence-corrected chi connectivity index (χ0v) is 12.7. The number of nitrogen functional groups attached to an aromatic ring is 1. The lowest BCUT2D eigenvalue weighted by molar-refractivity contribution is -0.137. The highest BCUT2D eigenvalue weighted by Gasteiger charge is 2.31. The average molecular weight is 330 g/mol. The Hall–Kier alpha value is -2.96. The van der Waals surface area contributed by atoms with Crippen molar-refractivity contribution in [1.82, 2.24) is 15.2 Å². The Morgan fingerprint density at radius 2 is 1.58 bits per heavy atom. The van der Waals surface area contributed by atoms with Gasteiger partial charge in [0.1, 0.15) is 11.4 Å². The van der Waals surface area contributed by atoms with E-state index in [1.165, 1.54) is 0 Å². The van der Waals surface area contributed by atoms with Crippen LogP contribution < -0.4 is 5.73 Å². The van der Waals surface area contributed by atoms with Gasteiger partial charge in [-0.1, -0.05) is 30.3 Å². The molecule has 1 aromatic heterocycles. The number of benzene rings is 2. The standard InChI is InChI=1S/C17H13F3N4/c1-10-7-12(9-13(8-10)17(18,19)20)15-14(22-16(21)24-23-15)11-5-3-2-4-6-11/h2-9H,1H3,(H2,21,22,24). The van der Waals surface area contributed by atoms with E-state index in [1.807, 2.05) is 6.07 Å². The van der Waals surface area contributed by atoms with E-state index in [1.54, 1.807) is 37.3 Å². The van der Waals surface area contributed by atoms with Gasteiger partial charge < -0.3 is 5.73 Å². The highest BCUT2D eigenvalue weighted by Crippen LogP contribution is 2.35. The summed E-state index contributed by atoms with van der Waals surface area (Å²) in [4.78, 5) is 4.16. The van der Waals surface area contributed by atoms with Crippen molar-refractivity contribution >= 4 is 5.95 Å². The molecule has 4 nitrogen and oxygen atoms in total. The van der Waals surface area contributed by atoms with E-state index in [0.717, 1.165) is 12.1 Å². The van der Waals surface area contributed by atoms with E-state index in [4.69, 9.17) is 5.73 Å². The van der Waals surface area contributed by atoms with Gasteiger partial charge in [0, 0.05) is 11.1 Å². The van der Waals surface area contributed by atoms with Gasteiger partial charge >= 0.3 is 6.18 Å². The van der Waals surface area contributed by atoms with Crippen LogP contribution in [-0.4, -0.2) is 15.2 Å². The van der Waals surface area contributed by atoms with Crippen LogP contribution in [0.4, 0.5) is 19.1 Å². The number of aromatic nitrogens is 3. The number of alkyl halides is 3. The maximum Gasteiger partial charge on any atom is 0.416 e. The van der Waals surface area contributed by atoms with Crippen molar-refractivity contribution < 1.29 is 13.2 Å². The number of hydrogen-bond donors (Lipinski definition) is 1. The van der Waals surface area contributed by atoms with Crippen molar-refractivity contribution in [1.29, 1.82) is 0 Å². The molecule has 0 bridgehead atoms. The lowest BCUT2D eigenvalue weighted by Gasteiger charge is -2.12. The highest BCUT2D eigenvalue weighted by molar-refractivity contribution is 5.78. The molecule has 7 heteroatoms. The van der Waals surface area contributed by atoms with Gasteiger partial charge in [-0.3, -0.25) is 0 Å². The summed E-state index contributed by atoms with van der Waals surface area (Å²) in [5.74, 6) is -0.0405. The third-order valence-electron chi connectivity index (χ3n) is 3.43. The van der Waals surface area contributed by atoms with Crippen molar-refractivity contribution in [3.05, 3.63) is 59.7 Å². The largest absolute Gasteiger partial charge is 0.416 e. The molecule has 0 saturated heterocycles. The molecule has 122 valence electrons.